The highest BCUT2D eigenvalue weighted by Crippen LogP contribution is 2.38. The SMILES string of the molecule is O=C(C1=CCCC1)N1CC[C@@]2(CCC[C@@H](CN3CCCC3)O2)C1. The maximum Gasteiger partial charge on any atom is 0.249 e. The Labute approximate surface area is 139 Å². The van der Waals surface area contributed by atoms with Gasteiger partial charge in [-0.25, -0.2) is 0 Å². The first-order valence-corrected chi connectivity index (χ1v) is 9.63. The van der Waals surface area contributed by atoms with E-state index in [1.165, 1.54) is 38.8 Å². The average molecular weight is 318 g/mol. The van der Waals surface area contributed by atoms with Gasteiger partial charge in [0.2, 0.25) is 5.91 Å². The second-order valence-corrected chi connectivity index (χ2v) is 7.92. The molecule has 3 heterocycles. The van der Waals surface area contributed by atoms with E-state index in [1.54, 1.807) is 0 Å². The topological polar surface area (TPSA) is 32.8 Å². The van der Waals surface area contributed by atoms with Gasteiger partial charge in [-0.15, -0.1) is 0 Å². The van der Waals surface area contributed by atoms with Gasteiger partial charge in [-0.05, 0) is 70.9 Å². The molecule has 4 rings (SSSR count). The van der Waals surface area contributed by atoms with Gasteiger partial charge in [0.1, 0.15) is 0 Å². The summed E-state index contributed by atoms with van der Waals surface area (Å²) in [7, 11) is 0. The minimum atomic E-state index is -0.0442. The van der Waals surface area contributed by atoms with Gasteiger partial charge in [0.05, 0.1) is 18.2 Å². The Morgan fingerprint density at radius 3 is 2.83 bits per heavy atom. The molecule has 0 saturated carbocycles. The van der Waals surface area contributed by atoms with E-state index < -0.39 is 0 Å². The molecule has 0 aromatic heterocycles. The van der Waals surface area contributed by atoms with Crippen LogP contribution in [0.15, 0.2) is 11.6 Å². The molecule has 3 fully saturated rings. The first kappa shape index (κ1) is 15.6. The molecule has 0 aromatic rings. The predicted octanol–water partition coefficient (Wildman–Crippen LogP) is 2.73. The molecule has 4 nitrogen and oxygen atoms in total. The molecule has 3 saturated heterocycles. The number of likely N-dealkylation sites (tertiary alicyclic amines) is 2. The first-order chi connectivity index (χ1) is 11.2. The summed E-state index contributed by atoms with van der Waals surface area (Å²) < 4.78 is 6.58. The van der Waals surface area contributed by atoms with Crippen LogP contribution in [0.1, 0.15) is 57.8 Å². The molecule has 0 aromatic carbocycles. The summed E-state index contributed by atoms with van der Waals surface area (Å²) in [6, 6.07) is 0. The van der Waals surface area contributed by atoms with E-state index in [-0.39, 0.29) is 11.5 Å². The van der Waals surface area contributed by atoms with Crippen LogP contribution in [-0.2, 0) is 9.53 Å². The number of hydrogen-bond acceptors (Lipinski definition) is 3. The molecule has 4 heteroatoms. The van der Waals surface area contributed by atoms with Crippen molar-refractivity contribution in [1.29, 1.82) is 0 Å². The number of amides is 1. The van der Waals surface area contributed by atoms with E-state index in [0.29, 0.717) is 6.10 Å². The Hall–Kier alpha value is -0.870. The van der Waals surface area contributed by atoms with E-state index in [0.717, 1.165) is 57.3 Å². The highest BCUT2D eigenvalue weighted by Gasteiger charge is 2.45. The van der Waals surface area contributed by atoms with E-state index in [1.807, 2.05) is 0 Å². The zero-order chi connectivity index (χ0) is 15.7. The highest BCUT2D eigenvalue weighted by molar-refractivity contribution is 5.94. The Morgan fingerprint density at radius 1 is 1.17 bits per heavy atom. The van der Waals surface area contributed by atoms with Gasteiger partial charge in [0.15, 0.2) is 0 Å². The van der Waals surface area contributed by atoms with Crippen LogP contribution in [-0.4, -0.2) is 60.1 Å². The summed E-state index contributed by atoms with van der Waals surface area (Å²) in [4.78, 5) is 17.3. The van der Waals surface area contributed by atoms with E-state index in [2.05, 4.69) is 15.9 Å². The smallest absolute Gasteiger partial charge is 0.249 e. The largest absolute Gasteiger partial charge is 0.369 e. The molecule has 4 aliphatic rings. The lowest BCUT2D eigenvalue weighted by Gasteiger charge is -2.40. The lowest BCUT2D eigenvalue weighted by atomic mass is 9.90. The zero-order valence-corrected chi connectivity index (χ0v) is 14.3. The summed E-state index contributed by atoms with van der Waals surface area (Å²) in [5.74, 6) is 0.282. The van der Waals surface area contributed by atoms with E-state index >= 15 is 0 Å². The Bertz CT molecular complexity index is 484. The predicted molar refractivity (Wildman–Crippen MR) is 90.3 cm³/mol. The molecule has 2 atom stereocenters. The van der Waals surface area contributed by atoms with Gasteiger partial charge < -0.3 is 14.5 Å². The Kier molecular flexibility index (Phi) is 4.46. The second-order valence-electron chi connectivity index (χ2n) is 7.92. The molecule has 0 unspecified atom stereocenters. The summed E-state index contributed by atoms with van der Waals surface area (Å²) >= 11 is 0. The summed E-state index contributed by atoms with van der Waals surface area (Å²) in [6.07, 6.45) is 13.0. The first-order valence-electron chi connectivity index (χ1n) is 9.63. The fraction of sp³-hybridized carbons (Fsp3) is 0.842. The summed E-state index contributed by atoms with van der Waals surface area (Å²) in [6.45, 7) is 5.28. The molecule has 23 heavy (non-hydrogen) atoms. The fourth-order valence-corrected chi connectivity index (χ4v) is 4.89. The fourth-order valence-electron chi connectivity index (χ4n) is 4.89. The van der Waals surface area contributed by atoms with Crippen LogP contribution >= 0.6 is 0 Å². The second kappa shape index (κ2) is 6.56. The van der Waals surface area contributed by atoms with Crippen molar-refractivity contribution in [3.8, 4) is 0 Å². The van der Waals surface area contributed by atoms with Crippen molar-refractivity contribution in [3.63, 3.8) is 0 Å². The van der Waals surface area contributed by atoms with Crippen molar-refractivity contribution in [1.82, 2.24) is 9.80 Å². The van der Waals surface area contributed by atoms with Crippen molar-refractivity contribution in [3.05, 3.63) is 11.6 Å². The molecule has 3 aliphatic heterocycles. The van der Waals surface area contributed by atoms with Crippen molar-refractivity contribution >= 4 is 5.91 Å². The van der Waals surface area contributed by atoms with Gasteiger partial charge >= 0.3 is 0 Å². The van der Waals surface area contributed by atoms with Crippen molar-refractivity contribution < 1.29 is 9.53 Å². The third kappa shape index (κ3) is 3.34. The lowest BCUT2D eigenvalue weighted by Crippen LogP contribution is -2.47. The van der Waals surface area contributed by atoms with Crippen LogP contribution in [0.3, 0.4) is 0 Å². The Balaban J connectivity index is 1.35. The molecule has 1 amide bonds. The number of hydrogen-bond donors (Lipinski definition) is 0. The van der Waals surface area contributed by atoms with Gasteiger partial charge in [-0.1, -0.05) is 6.08 Å². The average Bonchev–Trinajstić information content (AvgIpc) is 3.28. The third-order valence-electron chi connectivity index (χ3n) is 6.15. The quantitative estimate of drug-likeness (QED) is 0.802. The Morgan fingerprint density at radius 2 is 2.04 bits per heavy atom. The molecular formula is C19H30N2O2. The number of nitrogens with zero attached hydrogens (tertiary/aromatic N) is 2. The van der Waals surface area contributed by atoms with Crippen LogP contribution in [0.2, 0.25) is 0 Å². The molecule has 1 spiro atoms. The monoisotopic (exact) mass is 318 g/mol. The minimum absolute atomic E-state index is 0.0442. The zero-order valence-electron chi connectivity index (χ0n) is 14.3. The summed E-state index contributed by atoms with van der Waals surface area (Å²) in [5.41, 5.74) is 1.00. The maximum atomic E-state index is 12.6. The van der Waals surface area contributed by atoms with E-state index in [4.69, 9.17) is 4.74 Å². The van der Waals surface area contributed by atoms with Crippen molar-refractivity contribution in [2.75, 3.05) is 32.7 Å². The van der Waals surface area contributed by atoms with Gasteiger partial charge in [0, 0.05) is 18.7 Å². The van der Waals surface area contributed by atoms with Crippen LogP contribution < -0.4 is 0 Å². The van der Waals surface area contributed by atoms with Crippen LogP contribution in [0.4, 0.5) is 0 Å². The minimum Gasteiger partial charge on any atom is -0.369 e. The molecule has 0 N–H and O–H groups in total. The number of allylic oxidation sites excluding steroid dienone is 1. The molecule has 1 aliphatic carbocycles. The highest BCUT2D eigenvalue weighted by atomic mass is 16.5. The van der Waals surface area contributed by atoms with Crippen LogP contribution in [0.5, 0.6) is 0 Å². The number of carbonyl (C=O) groups excluding carboxylic acids is 1. The molecular weight excluding hydrogens is 288 g/mol. The van der Waals surface area contributed by atoms with E-state index in [9.17, 15) is 4.79 Å². The number of carbonyl (C=O) groups is 1. The van der Waals surface area contributed by atoms with Crippen molar-refractivity contribution in [2.24, 2.45) is 0 Å². The summed E-state index contributed by atoms with van der Waals surface area (Å²) in [5, 5.41) is 0. The van der Waals surface area contributed by atoms with Gasteiger partial charge in [-0.2, -0.15) is 0 Å². The van der Waals surface area contributed by atoms with Gasteiger partial charge in [0.25, 0.3) is 0 Å². The van der Waals surface area contributed by atoms with Crippen LogP contribution in [0, 0.1) is 0 Å². The van der Waals surface area contributed by atoms with Crippen LogP contribution in [0.25, 0.3) is 0 Å². The lowest BCUT2D eigenvalue weighted by molar-refractivity contribution is -0.138. The third-order valence-corrected chi connectivity index (χ3v) is 6.15. The van der Waals surface area contributed by atoms with Gasteiger partial charge in [-0.3, -0.25) is 4.79 Å². The number of ether oxygens (including phenoxy) is 1. The normalized spacial score (nSPS) is 35.2. The molecule has 0 bridgehead atoms. The molecule has 0 radical (unpaired) electrons. The maximum absolute atomic E-state index is 12.6. The standard InChI is InChI=1S/C19H30N2O2/c22-18(16-6-1-2-7-16)21-13-10-19(15-21)9-5-8-17(23-19)14-20-11-3-4-12-20/h6,17H,1-5,7-15H2/t17-,19-/m0/s1. The molecule has 128 valence electrons. The number of rotatable bonds is 3. The van der Waals surface area contributed by atoms with Crippen molar-refractivity contribution in [2.45, 2.75) is 69.5 Å².